The van der Waals surface area contributed by atoms with E-state index in [1.54, 1.807) is 6.26 Å². The fraction of sp³-hybridized carbons (Fsp3) is 0.529. The molecule has 0 saturated heterocycles. The van der Waals surface area contributed by atoms with Crippen molar-refractivity contribution in [2.75, 3.05) is 6.26 Å². The van der Waals surface area contributed by atoms with Gasteiger partial charge in [0.25, 0.3) is 11.6 Å². The molecule has 0 radical (unpaired) electrons. The fourth-order valence-electron chi connectivity index (χ4n) is 2.81. The molecule has 1 amide bonds. The van der Waals surface area contributed by atoms with Crippen LogP contribution in [0.4, 0.5) is 5.69 Å². The lowest BCUT2D eigenvalue weighted by molar-refractivity contribution is -0.387. The molecule has 0 spiro atoms. The van der Waals surface area contributed by atoms with Crippen LogP contribution in [0.25, 0.3) is 0 Å². The van der Waals surface area contributed by atoms with Gasteiger partial charge in [-0.05, 0) is 38.2 Å². The zero-order valence-electron chi connectivity index (χ0n) is 14.3. The van der Waals surface area contributed by atoms with Crippen LogP contribution < -0.4 is 5.32 Å². The first-order valence-corrected chi connectivity index (χ1v) is 9.48. The summed E-state index contributed by atoms with van der Waals surface area (Å²) < 4.78 is 5.17. The van der Waals surface area contributed by atoms with Gasteiger partial charge in [-0.2, -0.15) is 0 Å². The molecular weight excluding hydrogens is 344 g/mol. The maximum absolute atomic E-state index is 12.2. The quantitative estimate of drug-likeness (QED) is 0.359. The third-order valence-electron chi connectivity index (χ3n) is 4.22. The molecule has 0 aromatic heterocycles. The Hall–Kier alpha value is -2.09. The molecular formula is C17H22N2O5S. The van der Waals surface area contributed by atoms with Crippen molar-refractivity contribution in [3.05, 3.63) is 33.9 Å². The number of carbonyl (C=O) groups excluding carboxylic acids is 2. The zero-order chi connectivity index (χ0) is 18.4. The van der Waals surface area contributed by atoms with Gasteiger partial charge in [-0.3, -0.25) is 14.9 Å². The van der Waals surface area contributed by atoms with Crippen molar-refractivity contribution in [1.82, 2.24) is 5.32 Å². The second-order valence-corrected chi connectivity index (χ2v) is 6.88. The number of esters is 1. The van der Waals surface area contributed by atoms with E-state index in [4.69, 9.17) is 4.74 Å². The van der Waals surface area contributed by atoms with Gasteiger partial charge in [-0.15, -0.1) is 11.8 Å². The Balaban J connectivity index is 1.99. The van der Waals surface area contributed by atoms with Crippen molar-refractivity contribution in [3.8, 4) is 0 Å². The van der Waals surface area contributed by atoms with Gasteiger partial charge in [0, 0.05) is 12.1 Å². The van der Waals surface area contributed by atoms with E-state index in [2.05, 4.69) is 5.32 Å². The van der Waals surface area contributed by atoms with E-state index in [-0.39, 0.29) is 23.2 Å². The van der Waals surface area contributed by atoms with Crippen LogP contribution in [0, 0.1) is 10.1 Å². The third-order valence-corrected chi connectivity index (χ3v) is 5.00. The molecule has 0 heterocycles. The SMILES string of the molecule is CSc1ccc(C(=O)O[C@@H](C)C(=O)NC2CCCCC2)cc1[N+](=O)[O-]. The molecule has 0 aliphatic heterocycles. The highest BCUT2D eigenvalue weighted by molar-refractivity contribution is 7.98. The molecule has 7 nitrogen and oxygen atoms in total. The molecule has 1 aliphatic rings. The van der Waals surface area contributed by atoms with Gasteiger partial charge in [0.2, 0.25) is 0 Å². The van der Waals surface area contributed by atoms with E-state index >= 15 is 0 Å². The summed E-state index contributed by atoms with van der Waals surface area (Å²) in [7, 11) is 0. The van der Waals surface area contributed by atoms with E-state index < -0.39 is 17.0 Å². The lowest BCUT2D eigenvalue weighted by Gasteiger charge is -2.24. The number of rotatable bonds is 6. The molecule has 0 bridgehead atoms. The number of nitro groups is 1. The lowest BCUT2D eigenvalue weighted by Crippen LogP contribution is -2.42. The smallest absolute Gasteiger partial charge is 0.339 e. The van der Waals surface area contributed by atoms with Crippen molar-refractivity contribution in [2.45, 2.75) is 56.1 Å². The summed E-state index contributed by atoms with van der Waals surface area (Å²) in [5.74, 6) is -1.09. The Morgan fingerprint density at radius 2 is 2.00 bits per heavy atom. The average Bonchev–Trinajstić information content (AvgIpc) is 2.61. The van der Waals surface area contributed by atoms with E-state index in [9.17, 15) is 19.7 Å². The standard InChI is InChI=1S/C17H22N2O5S/c1-11(16(20)18-13-6-4-3-5-7-13)24-17(21)12-8-9-15(25-2)14(10-12)19(22)23/h8-11,13H,3-7H2,1-2H3,(H,18,20)/t11-/m0/s1. The maximum atomic E-state index is 12.2. The summed E-state index contributed by atoms with van der Waals surface area (Å²) in [6.45, 7) is 1.50. The molecule has 1 atom stereocenters. The number of nitrogens with one attached hydrogen (secondary N) is 1. The number of benzene rings is 1. The van der Waals surface area contributed by atoms with Crippen LogP contribution >= 0.6 is 11.8 Å². The van der Waals surface area contributed by atoms with E-state index in [1.807, 2.05) is 0 Å². The minimum Gasteiger partial charge on any atom is -0.449 e. The molecule has 2 rings (SSSR count). The largest absolute Gasteiger partial charge is 0.449 e. The summed E-state index contributed by atoms with van der Waals surface area (Å²) in [6.07, 6.45) is 6.01. The van der Waals surface area contributed by atoms with Crippen LogP contribution in [-0.4, -0.2) is 35.2 Å². The Labute approximate surface area is 150 Å². The monoisotopic (exact) mass is 366 g/mol. The van der Waals surface area contributed by atoms with Gasteiger partial charge in [-0.1, -0.05) is 19.3 Å². The minimum absolute atomic E-state index is 0.0572. The first kappa shape index (κ1) is 19.2. The van der Waals surface area contributed by atoms with Gasteiger partial charge < -0.3 is 10.1 Å². The number of thioether (sulfide) groups is 1. The van der Waals surface area contributed by atoms with Crippen molar-refractivity contribution in [3.63, 3.8) is 0 Å². The lowest BCUT2D eigenvalue weighted by atomic mass is 9.95. The molecule has 25 heavy (non-hydrogen) atoms. The Bertz CT molecular complexity index is 658. The Morgan fingerprint density at radius 1 is 1.32 bits per heavy atom. The summed E-state index contributed by atoms with van der Waals surface area (Å²) >= 11 is 1.22. The highest BCUT2D eigenvalue weighted by Crippen LogP contribution is 2.28. The molecule has 1 aromatic rings. The van der Waals surface area contributed by atoms with E-state index in [0.717, 1.165) is 25.7 Å². The zero-order valence-corrected chi connectivity index (χ0v) is 15.1. The predicted molar refractivity (Wildman–Crippen MR) is 94.8 cm³/mol. The number of amides is 1. The van der Waals surface area contributed by atoms with E-state index in [1.165, 1.54) is 43.3 Å². The van der Waals surface area contributed by atoms with Crippen molar-refractivity contribution >= 4 is 29.3 Å². The van der Waals surface area contributed by atoms with Crippen LogP contribution in [-0.2, 0) is 9.53 Å². The molecule has 1 N–H and O–H groups in total. The first-order valence-electron chi connectivity index (χ1n) is 8.26. The third kappa shape index (κ3) is 5.19. The van der Waals surface area contributed by atoms with Gasteiger partial charge >= 0.3 is 5.97 Å². The predicted octanol–water partition coefficient (Wildman–Crippen LogP) is 3.31. The van der Waals surface area contributed by atoms with E-state index in [0.29, 0.717) is 4.90 Å². The summed E-state index contributed by atoms with van der Waals surface area (Å²) in [6, 6.07) is 4.28. The minimum atomic E-state index is -0.950. The topological polar surface area (TPSA) is 98.5 Å². The van der Waals surface area contributed by atoms with Crippen LogP contribution in [0.3, 0.4) is 0 Å². The summed E-state index contributed by atoms with van der Waals surface area (Å²) in [5.41, 5.74) is -0.0944. The van der Waals surface area contributed by atoms with Crippen molar-refractivity contribution in [1.29, 1.82) is 0 Å². The molecule has 136 valence electrons. The van der Waals surface area contributed by atoms with Gasteiger partial charge in [-0.25, -0.2) is 4.79 Å². The summed E-state index contributed by atoms with van der Waals surface area (Å²) in [4.78, 5) is 35.4. The second-order valence-electron chi connectivity index (χ2n) is 6.03. The molecule has 8 heteroatoms. The molecule has 1 aliphatic carbocycles. The average molecular weight is 366 g/mol. The number of nitro benzene ring substituents is 1. The summed E-state index contributed by atoms with van der Waals surface area (Å²) in [5, 5.41) is 14.0. The van der Waals surface area contributed by atoms with Crippen LogP contribution in [0.2, 0.25) is 0 Å². The van der Waals surface area contributed by atoms with Gasteiger partial charge in [0.15, 0.2) is 6.10 Å². The molecule has 0 unspecified atom stereocenters. The number of nitrogens with zero attached hydrogens (tertiary/aromatic N) is 1. The number of hydrogen-bond donors (Lipinski definition) is 1. The highest BCUT2D eigenvalue weighted by Gasteiger charge is 2.24. The highest BCUT2D eigenvalue weighted by atomic mass is 32.2. The molecule has 1 aromatic carbocycles. The van der Waals surface area contributed by atoms with Crippen LogP contribution in [0.5, 0.6) is 0 Å². The molecule has 1 saturated carbocycles. The number of carbonyl (C=O) groups is 2. The van der Waals surface area contributed by atoms with Gasteiger partial charge in [0.1, 0.15) is 0 Å². The Morgan fingerprint density at radius 3 is 2.60 bits per heavy atom. The van der Waals surface area contributed by atoms with Crippen molar-refractivity contribution < 1.29 is 19.2 Å². The Kier molecular flexibility index (Phi) is 6.81. The van der Waals surface area contributed by atoms with Crippen LogP contribution in [0.15, 0.2) is 23.1 Å². The number of ether oxygens (including phenoxy) is 1. The second kappa shape index (κ2) is 8.84. The van der Waals surface area contributed by atoms with Gasteiger partial charge in [0.05, 0.1) is 15.4 Å². The maximum Gasteiger partial charge on any atom is 0.339 e. The fourth-order valence-corrected chi connectivity index (χ4v) is 3.35. The van der Waals surface area contributed by atoms with Crippen molar-refractivity contribution in [2.24, 2.45) is 0 Å². The first-order chi connectivity index (χ1) is 11.9. The molecule has 1 fully saturated rings. The normalized spacial score (nSPS) is 16.1. The number of hydrogen-bond acceptors (Lipinski definition) is 6. The van der Waals surface area contributed by atoms with Crippen LogP contribution in [0.1, 0.15) is 49.4 Å².